The molecule has 0 fully saturated rings. The van der Waals surface area contributed by atoms with Crippen molar-refractivity contribution in [2.75, 3.05) is 18.9 Å². The number of nitrogens with one attached hydrogen (secondary N) is 1. The SMILES string of the molecule is Cc1occc1CN(C)C(=O)CNc1ccccc1. The van der Waals surface area contributed by atoms with Crippen molar-refractivity contribution in [3.63, 3.8) is 0 Å². The summed E-state index contributed by atoms with van der Waals surface area (Å²) in [6, 6.07) is 11.6. The first kappa shape index (κ1) is 13.2. The van der Waals surface area contributed by atoms with Gasteiger partial charge >= 0.3 is 0 Å². The minimum Gasteiger partial charge on any atom is -0.469 e. The lowest BCUT2D eigenvalue weighted by atomic mass is 10.2. The Kier molecular flexibility index (Phi) is 4.23. The van der Waals surface area contributed by atoms with E-state index in [4.69, 9.17) is 4.42 Å². The van der Waals surface area contributed by atoms with Crippen LogP contribution in [-0.4, -0.2) is 24.4 Å². The summed E-state index contributed by atoms with van der Waals surface area (Å²) in [6.07, 6.45) is 1.64. The second kappa shape index (κ2) is 6.09. The van der Waals surface area contributed by atoms with Gasteiger partial charge in [-0.1, -0.05) is 18.2 Å². The third-order valence-electron chi connectivity index (χ3n) is 3.02. The fourth-order valence-electron chi connectivity index (χ4n) is 1.79. The topological polar surface area (TPSA) is 45.5 Å². The summed E-state index contributed by atoms with van der Waals surface area (Å²) in [5.41, 5.74) is 1.99. The number of hydrogen-bond donors (Lipinski definition) is 1. The van der Waals surface area contributed by atoms with E-state index in [2.05, 4.69) is 5.32 Å². The van der Waals surface area contributed by atoms with Gasteiger partial charge in [-0.05, 0) is 25.1 Å². The first-order valence-corrected chi connectivity index (χ1v) is 6.22. The molecule has 0 radical (unpaired) electrons. The van der Waals surface area contributed by atoms with Crippen molar-refractivity contribution < 1.29 is 9.21 Å². The number of carbonyl (C=O) groups is 1. The van der Waals surface area contributed by atoms with Gasteiger partial charge in [0, 0.05) is 24.8 Å². The second-order valence-electron chi connectivity index (χ2n) is 4.47. The molecular weight excluding hydrogens is 240 g/mol. The van der Waals surface area contributed by atoms with E-state index in [9.17, 15) is 4.79 Å². The van der Waals surface area contributed by atoms with Crippen LogP contribution in [0.15, 0.2) is 47.1 Å². The molecule has 2 aromatic rings. The smallest absolute Gasteiger partial charge is 0.241 e. The average molecular weight is 258 g/mol. The molecule has 0 bridgehead atoms. The lowest BCUT2D eigenvalue weighted by Gasteiger charge is -2.17. The number of carbonyl (C=O) groups excluding carboxylic acids is 1. The van der Waals surface area contributed by atoms with E-state index in [1.807, 2.05) is 43.3 Å². The molecule has 1 heterocycles. The van der Waals surface area contributed by atoms with Crippen LogP contribution in [0.2, 0.25) is 0 Å². The zero-order valence-electron chi connectivity index (χ0n) is 11.2. The van der Waals surface area contributed by atoms with Crippen LogP contribution in [0.5, 0.6) is 0 Å². The maximum atomic E-state index is 12.0. The quantitative estimate of drug-likeness (QED) is 0.896. The van der Waals surface area contributed by atoms with Crippen LogP contribution in [0.1, 0.15) is 11.3 Å². The van der Waals surface area contributed by atoms with Crippen molar-refractivity contribution in [1.82, 2.24) is 4.90 Å². The Balaban J connectivity index is 1.84. The molecule has 1 amide bonds. The third-order valence-corrected chi connectivity index (χ3v) is 3.02. The third kappa shape index (κ3) is 3.61. The van der Waals surface area contributed by atoms with Crippen LogP contribution in [0.3, 0.4) is 0 Å². The van der Waals surface area contributed by atoms with E-state index in [1.54, 1.807) is 18.2 Å². The summed E-state index contributed by atoms with van der Waals surface area (Å²) in [5.74, 6) is 0.903. The Labute approximate surface area is 113 Å². The minimum atomic E-state index is 0.0458. The molecule has 4 nitrogen and oxygen atoms in total. The molecule has 19 heavy (non-hydrogen) atoms. The molecular formula is C15H18N2O2. The van der Waals surface area contributed by atoms with Crippen molar-refractivity contribution >= 4 is 11.6 Å². The summed E-state index contributed by atoms with van der Waals surface area (Å²) in [4.78, 5) is 13.7. The van der Waals surface area contributed by atoms with Gasteiger partial charge in [0.05, 0.1) is 12.8 Å². The molecule has 0 atom stereocenters. The Bertz CT molecular complexity index is 534. The fraction of sp³-hybridized carbons (Fsp3) is 0.267. The molecule has 0 aliphatic rings. The number of hydrogen-bond acceptors (Lipinski definition) is 3. The van der Waals surface area contributed by atoms with Crippen molar-refractivity contribution in [1.29, 1.82) is 0 Å². The van der Waals surface area contributed by atoms with E-state index in [0.29, 0.717) is 6.54 Å². The van der Waals surface area contributed by atoms with Crippen LogP contribution in [-0.2, 0) is 11.3 Å². The Hall–Kier alpha value is -2.23. The maximum Gasteiger partial charge on any atom is 0.241 e. The molecule has 2 rings (SSSR count). The van der Waals surface area contributed by atoms with Gasteiger partial charge in [-0.25, -0.2) is 0 Å². The number of para-hydroxylation sites is 1. The van der Waals surface area contributed by atoms with Gasteiger partial charge in [-0.3, -0.25) is 4.79 Å². The van der Waals surface area contributed by atoms with Crippen LogP contribution in [0.25, 0.3) is 0 Å². The lowest BCUT2D eigenvalue weighted by molar-refractivity contribution is -0.128. The molecule has 0 aliphatic heterocycles. The number of amides is 1. The first-order chi connectivity index (χ1) is 9.16. The number of nitrogens with zero attached hydrogens (tertiary/aromatic N) is 1. The second-order valence-corrected chi connectivity index (χ2v) is 4.47. The van der Waals surface area contributed by atoms with Gasteiger partial charge in [0.15, 0.2) is 0 Å². The predicted molar refractivity (Wildman–Crippen MR) is 74.9 cm³/mol. The number of furan rings is 1. The van der Waals surface area contributed by atoms with E-state index in [1.165, 1.54) is 0 Å². The Morgan fingerprint density at radius 3 is 2.63 bits per heavy atom. The monoisotopic (exact) mass is 258 g/mol. The largest absolute Gasteiger partial charge is 0.469 e. The number of aryl methyl sites for hydroxylation is 1. The molecule has 1 aromatic heterocycles. The summed E-state index contributed by atoms with van der Waals surface area (Å²) in [7, 11) is 1.79. The number of anilines is 1. The number of rotatable bonds is 5. The maximum absolute atomic E-state index is 12.0. The summed E-state index contributed by atoms with van der Waals surface area (Å²) < 4.78 is 5.22. The van der Waals surface area contributed by atoms with Gasteiger partial charge < -0.3 is 14.6 Å². The summed E-state index contributed by atoms with van der Waals surface area (Å²) in [6.45, 7) is 2.75. The molecule has 100 valence electrons. The van der Waals surface area contributed by atoms with E-state index in [-0.39, 0.29) is 12.5 Å². The molecule has 0 aliphatic carbocycles. The van der Waals surface area contributed by atoms with Gasteiger partial charge in [0.25, 0.3) is 0 Å². The highest BCUT2D eigenvalue weighted by molar-refractivity contribution is 5.80. The zero-order valence-corrected chi connectivity index (χ0v) is 11.2. The number of likely N-dealkylation sites (N-methyl/N-ethyl adjacent to an activating group) is 1. The van der Waals surface area contributed by atoms with Gasteiger partial charge in [0.1, 0.15) is 5.76 Å². The molecule has 0 saturated heterocycles. The Morgan fingerprint density at radius 2 is 2.00 bits per heavy atom. The minimum absolute atomic E-state index is 0.0458. The molecule has 0 spiro atoms. The average Bonchev–Trinajstić information content (AvgIpc) is 2.82. The molecule has 4 heteroatoms. The summed E-state index contributed by atoms with van der Waals surface area (Å²) >= 11 is 0. The van der Waals surface area contributed by atoms with Gasteiger partial charge in [-0.2, -0.15) is 0 Å². The van der Waals surface area contributed by atoms with Gasteiger partial charge in [-0.15, -0.1) is 0 Å². The molecule has 0 unspecified atom stereocenters. The Morgan fingerprint density at radius 1 is 1.26 bits per heavy atom. The molecule has 0 saturated carbocycles. The van der Waals surface area contributed by atoms with Crippen LogP contribution >= 0.6 is 0 Å². The van der Waals surface area contributed by atoms with Crippen LogP contribution < -0.4 is 5.32 Å². The van der Waals surface area contributed by atoms with Crippen molar-refractivity contribution in [3.8, 4) is 0 Å². The highest BCUT2D eigenvalue weighted by Gasteiger charge is 2.11. The summed E-state index contributed by atoms with van der Waals surface area (Å²) in [5, 5.41) is 3.10. The highest BCUT2D eigenvalue weighted by Crippen LogP contribution is 2.11. The van der Waals surface area contributed by atoms with Crippen LogP contribution in [0.4, 0.5) is 5.69 Å². The van der Waals surface area contributed by atoms with E-state index < -0.39 is 0 Å². The lowest BCUT2D eigenvalue weighted by Crippen LogP contribution is -2.31. The highest BCUT2D eigenvalue weighted by atomic mass is 16.3. The predicted octanol–water partition coefficient (Wildman–Crippen LogP) is 2.66. The fourth-order valence-corrected chi connectivity index (χ4v) is 1.79. The molecule has 1 aromatic carbocycles. The van der Waals surface area contributed by atoms with Gasteiger partial charge in [0.2, 0.25) is 5.91 Å². The standard InChI is InChI=1S/C15H18N2O2/c1-12-13(8-9-19-12)11-17(2)15(18)10-16-14-6-4-3-5-7-14/h3-9,16H,10-11H2,1-2H3. The first-order valence-electron chi connectivity index (χ1n) is 6.22. The van der Waals surface area contributed by atoms with Crippen LogP contribution in [0, 0.1) is 6.92 Å². The zero-order chi connectivity index (χ0) is 13.7. The molecule has 1 N–H and O–H groups in total. The van der Waals surface area contributed by atoms with Crippen molar-refractivity contribution in [3.05, 3.63) is 54.0 Å². The normalized spacial score (nSPS) is 10.2. The van der Waals surface area contributed by atoms with E-state index in [0.717, 1.165) is 17.0 Å². The van der Waals surface area contributed by atoms with E-state index >= 15 is 0 Å². The number of benzene rings is 1. The van der Waals surface area contributed by atoms with Crippen molar-refractivity contribution in [2.24, 2.45) is 0 Å². The van der Waals surface area contributed by atoms with Crippen molar-refractivity contribution in [2.45, 2.75) is 13.5 Å².